The summed E-state index contributed by atoms with van der Waals surface area (Å²) < 4.78 is 5.46. The normalized spacial score (nSPS) is 19.8. The zero-order valence-corrected chi connectivity index (χ0v) is 10.3. The Kier molecular flexibility index (Phi) is 3.94. The lowest BCUT2D eigenvalue weighted by Gasteiger charge is -2.29. The van der Waals surface area contributed by atoms with Crippen molar-refractivity contribution in [2.75, 3.05) is 20.2 Å². The first-order chi connectivity index (χ1) is 8.66. The molecule has 0 bridgehead atoms. The highest BCUT2D eigenvalue weighted by Gasteiger charge is 2.30. The fourth-order valence-corrected chi connectivity index (χ4v) is 1.84. The van der Waals surface area contributed by atoms with Crippen LogP contribution in [0.5, 0.6) is 0 Å². The maximum atomic E-state index is 11.7. The first-order valence-electron chi connectivity index (χ1n) is 5.83. The fourth-order valence-electron chi connectivity index (χ4n) is 1.84. The van der Waals surface area contributed by atoms with E-state index in [0.717, 1.165) is 5.56 Å². The van der Waals surface area contributed by atoms with Crippen molar-refractivity contribution >= 4 is 11.8 Å². The summed E-state index contributed by atoms with van der Waals surface area (Å²) in [5.74, 6) is -0.256. The number of piperazine rings is 1. The molecule has 1 saturated heterocycles. The molecule has 0 aliphatic carbocycles. The van der Waals surface area contributed by atoms with E-state index in [1.807, 2.05) is 30.3 Å². The van der Waals surface area contributed by atoms with Crippen LogP contribution in [0.15, 0.2) is 30.3 Å². The first-order valence-corrected chi connectivity index (χ1v) is 5.83. The van der Waals surface area contributed by atoms with Gasteiger partial charge in [-0.25, -0.2) is 0 Å². The zero-order valence-electron chi connectivity index (χ0n) is 10.3. The molecule has 1 aromatic carbocycles. The lowest BCUT2D eigenvalue weighted by Crippen LogP contribution is -2.58. The molecule has 1 fully saturated rings. The summed E-state index contributed by atoms with van der Waals surface area (Å²) >= 11 is 0. The van der Waals surface area contributed by atoms with Crippen LogP contribution in [0, 0.1) is 0 Å². The smallest absolute Gasteiger partial charge is 0.247 e. The van der Waals surface area contributed by atoms with Gasteiger partial charge in [0.2, 0.25) is 11.8 Å². The van der Waals surface area contributed by atoms with Crippen molar-refractivity contribution in [2.45, 2.75) is 12.6 Å². The number of amides is 2. The van der Waals surface area contributed by atoms with Crippen LogP contribution in [0.25, 0.3) is 0 Å². The van der Waals surface area contributed by atoms with E-state index in [-0.39, 0.29) is 25.0 Å². The molecule has 0 saturated carbocycles. The van der Waals surface area contributed by atoms with Gasteiger partial charge in [-0.2, -0.15) is 0 Å². The molecule has 2 rings (SSSR count). The molecule has 1 heterocycles. The topological polar surface area (TPSA) is 58.6 Å². The fraction of sp³-hybridized carbons (Fsp3) is 0.385. The van der Waals surface area contributed by atoms with Crippen molar-refractivity contribution in [3.63, 3.8) is 0 Å². The minimum absolute atomic E-state index is 0.109. The predicted molar refractivity (Wildman–Crippen MR) is 65.7 cm³/mol. The van der Waals surface area contributed by atoms with Crippen LogP contribution in [-0.4, -0.2) is 43.0 Å². The third kappa shape index (κ3) is 3.07. The minimum Gasteiger partial charge on any atom is -0.374 e. The Morgan fingerprint density at radius 3 is 2.78 bits per heavy atom. The number of ether oxygens (including phenoxy) is 1. The molecule has 18 heavy (non-hydrogen) atoms. The van der Waals surface area contributed by atoms with Crippen LogP contribution in [0.3, 0.4) is 0 Å². The molecule has 96 valence electrons. The van der Waals surface area contributed by atoms with E-state index < -0.39 is 6.04 Å². The molecule has 1 aliphatic heterocycles. The number of rotatable bonds is 4. The molecule has 1 aromatic rings. The average molecular weight is 248 g/mol. The summed E-state index contributed by atoms with van der Waals surface area (Å²) in [7, 11) is 1.62. The first kappa shape index (κ1) is 12.6. The van der Waals surface area contributed by atoms with Crippen molar-refractivity contribution < 1.29 is 14.3 Å². The maximum absolute atomic E-state index is 11.7. The van der Waals surface area contributed by atoms with E-state index in [1.165, 1.54) is 4.90 Å². The Morgan fingerprint density at radius 1 is 1.33 bits per heavy atom. The molecular weight excluding hydrogens is 232 g/mol. The van der Waals surface area contributed by atoms with Crippen LogP contribution < -0.4 is 5.32 Å². The molecule has 1 N–H and O–H groups in total. The van der Waals surface area contributed by atoms with E-state index in [2.05, 4.69) is 5.32 Å². The largest absolute Gasteiger partial charge is 0.374 e. The van der Waals surface area contributed by atoms with Gasteiger partial charge in [-0.05, 0) is 5.56 Å². The Hall–Kier alpha value is -1.88. The highest BCUT2D eigenvalue weighted by atomic mass is 16.5. The summed E-state index contributed by atoms with van der Waals surface area (Å²) in [4.78, 5) is 24.5. The summed E-state index contributed by atoms with van der Waals surface area (Å²) in [6.07, 6.45) is 0. The van der Waals surface area contributed by atoms with Crippen LogP contribution >= 0.6 is 0 Å². The number of nitrogens with zero attached hydrogens (tertiary/aromatic N) is 1. The van der Waals surface area contributed by atoms with Gasteiger partial charge in [0.25, 0.3) is 0 Å². The number of carbonyl (C=O) groups is 2. The third-order valence-corrected chi connectivity index (χ3v) is 2.79. The zero-order chi connectivity index (χ0) is 13.0. The Balaban J connectivity index is 1.82. The number of hydrogen-bond donors (Lipinski definition) is 1. The Morgan fingerprint density at radius 2 is 2.06 bits per heavy atom. The van der Waals surface area contributed by atoms with Crippen LogP contribution in [0.2, 0.25) is 0 Å². The molecule has 0 unspecified atom stereocenters. The molecule has 0 aromatic heterocycles. The summed E-state index contributed by atoms with van der Waals surface area (Å²) in [5, 5.41) is 2.63. The van der Waals surface area contributed by atoms with Crippen LogP contribution in [0.4, 0.5) is 0 Å². The van der Waals surface area contributed by atoms with Gasteiger partial charge < -0.3 is 15.0 Å². The van der Waals surface area contributed by atoms with Crippen molar-refractivity contribution in [1.82, 2.24) is 10.2 Å². The summed E-state index contributed by atoms with van der Waals surface area (Å²) in [5.41, 5.74) is 1.04. The highest BCUT2D eigenvalue weighted by Crippen LogP contribution is 2.04. The lowest BCUT2D eigenvalue weighted by atomic mass is 10.2. The molecule has 5 heteroatoms. The van der Waals surface area contributed by atoms with Crippen molar-refractivity contribution in [3.05, 3.63) is 35.9 Å². The van der Waals surface area contributed by atoms with Crippen molar-refractivity contribution in [2.24, 2.45) is 0 Å². The van der Waals surface area contributed by atoms with Gasteiger partial charge in [-0.15, -0.1) is 0 Å². The molecule has 1 atom stereocenters. The summed E-state index contributed by atoms with van der Waals surface area (Å²) in [6.45, 7) is 0.752. The lowest BCUT2D eigenvalue weighted by molar-refractivity contribution is -0.144. The third-order valence-electron chi connectivity index (χ3n) is 2.79. The minimum atomic E-state index is -0.569. The molecule has 1 aliphatic rings. The van der Waals surface area contributed by atoms with E-state index in [9.17, 15) is 9.59 Å². The van der Waals surface area contributed by atoms with Crippen LogP contribution in [0.1, 0.15) is 5.56 Å². The highest BCUT2D eigenvalue weighted by molar-refractivity contribution is 5.94. The number of likely N-dealkylation sites (N-methyl/N-ethyl adjacent to an activating group) is 1. The van der Waals surface area contributed by atoms with Gasteiger partial charge in [0.15, 0.2) is 0 Å². The number of carbonyl (C=O) groups excluding carboxylic acids is 2. The molecule has 0 spiro atoms. The number of benzene rings is 1. The van der Waals surface area contributed by atoms with E-state index >= 15 is 0 Å². The van der Waals surface area contributed by atoms with Crippen LogP contribution in [-0.2, 0) is 20.9 Å². The maximum Gasteiger partial charge on any atom is 0.247 e. The average Bonchev–Trinajstić information content (AvgIpc) is 2.36. The van der Waals surface area contributed by atoms with E-state index in [0.29, 0.717) is 6.61 Å². The van der Waals surface area contributed by atoms with Gasteiger partial charge in [0, 0.05) is 7.05 Å². The second kappa shape index (κ2) is 5.64. The summed E-state index contributed by atoms with van der Waals surface area (Å²) in [6, 6.07) is 9.13. The molecule has 5 nitrogen and oxygen atoms in total. The second-order valence-electron chi connectivity index (χ2n) is 4.32. The van der Waals surface area contributed by atoms with Gasteiger partial charge >= 0.3 is 0 Å². The van der Waals surface area contributed by atoms with Gasteiger partial charge in [-0.3, -0.25) is 9.59 Å². The van der Waals surface area contributed by atoms with Gasteiger partial charge in [0.05, 0.1) is 19.8 Å². The molecule has 2 amide bonds. The van der Waals surface area contributed by atoms with Gasteiger partial charge in [-0.1, -0.05) is 30.3 Å². The standard InChI is InChI=1S/C13H16N2O3/c1-15-7-12(16)14-11(13(15)17)9-18-8-10-5-3-2-4-6-10/h2-6,11H,7-9H2,1H3,(H,14,16)/t11-/m1/s1. The van der Waals surface area contributed by atoms with E-state index in [4.69, 9.17) is 4.74 Å². The molecule has 0 radical (unpaired) electrons. The van der Waals surface area contributed by atoms with E-state index in [1.54, 1.807) is 7.05 Å². The number of hydrogen-bond acceptors (Lipinski definition) is 3. The molecular formula is C13H16N2O3. The monoisotopic (exact) mass is 248 g/mol. The van der Waals surface area contributed by atoms with Crippen molar-refractivity contribution in [1.29, 1.82) is 0 Å². The Bertz CT molecular complexity index is 433. The van der Waals surface area contributed by atoms with Gasteiger partial charge in [0.1, 0.15) is 6.04 Å². The Labute approximate surface area is 106 Å². The predicted octanol–water partition coefficient (Wildman–Crippen LogP) is 0.160. The number of nitrogens with one attached hydrogen (secondary N) is 1. The van der Waals surface area contributed by atoms with Crippen molar-refractivity contribution in [3.8, 4) is 0 Å². The SMILES string of the molecule is CN1CC(=O)N[C@H](COCc2ccccc2)C1=O. The second-order valence-corrected chi connectivity index (χ2v) is 4.32. The quantitative estimate of drug-likeness (QED) is 0.825.